The van der Waals surface area contributed by atoms with Crippen LogP contribution in [0.1, 0.15) is 9.67 Å². The van der Waals surface area contributed by atoms with E-state index < -0.39 is 5.91 Å². The maximum absolute atomic E-state index is 11.3. The van der Waals surface area contributed by atoms with E-state index in [0.29, 0.717) is 25.5 Å². The number of hydrogen-bond acceptors (Lipinski definition) is 4. The van der Waals surface area contributed by atoms with Gasteiger partial charge in [0.05, 0.1) is 16.2 Å². The first-order valence-electron chi connectivity index (χ1n) is 4.54. The zero-order valence-corrected chi connectivity index (χ0v) is 10.7. The Bertz CT molecular complexity index is 550. The number of carbonyl (C=O) groups is 1. The van der Waals surface area contributed by atoms with E-state index >= 15 is 0 Å². The molecule has 88 valence electrons. The van der Waals surface area contributed by atoms with Gasteiger partial charge in [0.25, 0.3) is 5.91 Å². The number of thiazole rings is 1. The second kappa shape index (κ2) is 5.01. The number of halogens is 2. The number of rotatable bonds is 2. The van der Waals surface area contributed by atoms with Crippen molar-refractivity contribution < 1.29 is 4.79 Å². The topological polar surface area (TPSA) is 68.0 Å². The van der Waals surface area contributed by atoms with E-state index in [4.69, 9.17) is 29.0 Å². The Hall–Kier alpha value is -1.14. The lowest BCUT2D eigenvalue weighted by Crippen LogP contribution is -2.29. The molecule has 0 aliphatic carbocycles. The lowest BCUT2D eigenvalue weighted by molar-refractivity contribution is 0.0957. The molecule has 0 fully saturated rings. The Kier molecular flexibility index (Phi) is 3.63. The van der Waals surface area contributed by atoms with Crippen molar-refractivity contribution in [2.45, 2.75) is 0 Å². The largest absolute Gasteiger partial charge is 0.289 e. The number of nitrogens with zero attached hydrogens (tertiary/aromatic N) is 1. The summed E-state index contributed by atoms with van der Waals surface area (Å²) in [5.74, 6) is 4.65. The third-order valence-electron chi connectivity index (χ3n) is 2.04. The van der Waals surface area contributed by atoms with E-state index in [0.717, 1.165) is 0 Å². The van der Waals surface area contributed by atoms with E-state index in [2.05, 4.69) is 4.98 Å². The molecule has 17 heavy (non-hydrogen) atoms. The Labute approximate surface area is 111 Å². The predicted molar refractivity (Wildman–Crippen MR) is 69.2 cm³/mol. The van der Waals surface area contributed by atoms with E-state index in [1.807, 2.05) is 5.43 Å². The highest BCUT2D eigenvalue weighted by Crippen LogP contribution is 2.36. The second-order valence-electron chi connectivity index (χ2n) is 3.10. The number of nitrogen functional groups attached to an aromatic ring is 1. The monoisotopic (exact) mass is 287 g/mol. The van der Waals surface area contributed by atoms with Gasteiger partial charge in [-0.25, -0.2) is 10.8 Å². The fraction of sp³-hybridized carbons (Fsp3) is 0. The van der Waals surface area contributed by atoms with Gasteiger partial charge in [0, 0.05) is 5.56 Å². The first-order valence-corrected chi connectivity index (χ1v) is 6.12. The molecule has 0 saturated carbocycles. The van der Waals surface area contributed by atoms with Crippen LogP contribution in [0.5, 0.6) is 0 Å². The van der Waals surface area contributed by atoms with Crippen LogP contribution in [-0.2, 0) is 0 Å². The zero-order valence-electron chi connectivity index (χ0n) is 8.41. The quantitative estimate of drug-likeness (QED) is 0.507. The molecule has 0 aliphatic rings. The van der Waals surface area contributed by atoms with Gasteiger partial charge in [-0.1, -0.05) is 29.3 Å². The van der Waals surface area contributed by atoms with Gasteiger partial charge in [-0.15, -0.1) is 11.3 Å². The number of nitrogens with one attached hydrogen (secondary N) is 1. The van der Waals surface area contributed by atoms with Crippen LogP contribution in [0.25, 0.3) is 10.6 Å². The van der Waals surface area contributed by atoms with Gasteiger partial charge >= 0.3 is 0 Å². The molecule has 0 aliphatic heterocycles. The molecule has 1 aromatic carbocycles. The Morgan fingerprint density at radius 3 is 2.59 bits per heavy atom. The van der Waals surface area contributed by atoms with Gasteiger partial charge < -0.3 is 0 Å². The summed E-state index contributed by atoms with van der Waals surface area (Å²) in [6.45, 7) is 0. The minimum Gasteiger partial charge on any atom is -0.289 e. The number of nitrogens with two attached hydrogens (primary N) is 1. The van der Waals surface area contributed by atoms with Crippen LogP contribution in [0.4, 0.5) is 0 Å². The van der Waals surface area contributed by atoms with Crippen molar-refractivity contribution in [1.29, 1.82) is 0 Å². The molecule has 0 radical (unpaired) electrons. The van der Waals surface area contributed by atoms with Crippen LogP contribution in [0.15, 0.2) is 24.4 Å². The lowest BCUT2D eigenvalue weighted by Gasteiger charge is -2.02. The molecule has 3 N–H and O–H groups in total. The number of hydrogen-bond donors (Lipinski definition) is 2. The van der Waals surface area contributed by atoms with Crippen LogP contribution in [0, 0.1) is 0 Å². The fourth-order valence-corrected chi connectivity index (χ4v) is 2.85. The van der Waals surface area contributed by atoms with Gasteiger partial charge in [0.15, 0.2) is 0 Å². The minimum atomic E-state index is -0.392. The van der Waals surface area contributed by atoms with Gasteiger partial charge in [-0.3, -0.25) is 10.2 Å². The predicted octanol–water partition coefficient (Wildman–Crippen LogP) is 2.72. The van der Waals surface area contributed by atoms with E-state index in [1.165, 1.54) is 17.5 Å². The lowest BCUT2D eigenvalue weighted by atomic mass is 10.2. The highest BCUT2D eigenvalue weighted by Gasteiger charge is 2.15. The number of benzene rings is 1. The second-order valence-corrected chi connectivity index (χ2v) is 4.94. The van der Waals surface area contributed by atoms with Crippen LogP contribution in [0.3, 0.4) is 0 Å². The fourth-order valence-electron chi connectivity index (χ4n) is 1.27. The molecule has 1 heterocycles. The van der Waals surface area contributed by atoms with Crippen molar-refractivity contribution in [2.24, 2.45) is 5.84 Å². The van der Waals surface area contributed by atoms with Crippen LogP contribution in [-0.4, -0.2) is 10.9 Å². The number of hydrazine groups is 1. The van der Waals surface area contributed by atoms with Crippen LogP contribution >= 0.6 is 34.5 Å². The molecular formula is C10H7Cl2N3OS. The third kappa shape index (κ3) is 2.42. The summed E-state index contributed by atoms with van der Waals surface area (Å²) < 4.78 is 0. The van der Waals surface area contributed by atoms with E-state index in [9.17, 15) is 4.79 Å². The van der Waals surface area contributed by atoms with Gasteiger partial charge in [-0.05, 0) is 12.1 Å². The SMILES string of the molecule is NNC(=O)c1cnc(-c2c(Cl)cccc2Cl)s1. The molecule has 0 unspecified atom stereocenters. The zero-order chi connectivity index (χ0) is 12.4. The number of amides is 1. The third-order valence-corrected chi connectivity index (χ3v) is 3.68. The van der Waals surface area contributed by atoms with Gasteiger partial charge in [0.2, 0.25) is 0 Å². The first-order chi connectivity index (χ1) is 8.13. The van der Waals surface area contributed by atoms with Crippen molar-refractivity contribution in [3.8, 4) is 10.6 Å². The van der Waals surface area contributed by atoms with Crippen molar-refractivity contribution in [1.82, 2.24) is 10.4 Å². The van der Waals surface area contributed by atoms with Gasteiger partial charge in [-0.2, -0.15) is 0 Å². The van der Waals surface area contributed by atoms with Crippen molar-refractivity contribution in [2.75, 3.05) is 0 Å². The van der Waals surface area contributed by atoms with E-state index in [-0.39, 0.29) is 0 Å². The van der Waals surface area contributed by atoms with E-state index in [1.54, 1.807) is 18.2 Å². The molecule has 4 nitrogen and oxygen atoms in total. The summed E-state index contributed by atoms with van der Waals surface area (Å²) in [4.78, 5) is 15.8. The first kappa shape index (κ1) is 12.3. The molecule has 1 amide bonds. The molecule has 1 aromatic heterocycles. The highest BCUT2D eigenvalue weighted by atomic mass is 35.5. The average Bonchev–Trinajstić information content (AvgIpc) is 2.77. The summed E-state index contributed by atoms with van der Waals surface area (Å²) in [7, 11) is 0. The Morgan fingerprint density at radius 1 is 1.35 bits per heavy atom. The molecule has 0 atom stereocenters. The highest BCUT2D eigenvalue weighted by molar-refractivity contribution is 7.17. The normalized spacial score (nSPS) is 10.3. The number of carbonyl (C=O) groups excluding carboxylic acids is 1. The van der Waals surface area contributed by atoms with Crippen LogP contribution in [0.2, 0.25) is 10.0 Å². The molecular weight excluding hydrogens is 281 g/mol. The average molecular weight is 288 g/mol. The number of aromatic nitrogens is 1. The molecule has 0 spiro atoms. The Balaban J connectivity index is 2.47. The Morgan fingerprint density at radius 2 is 2.00 bits per heavy atom. The minimum absolute atomic E-state index is 0.392. The maximum atomic E-state index is 11.3. The molecule has 2 rings (SSSR count). The smallest absolute Gasteiger partial charge is 0.276 e. The van der Waals surface area contributed by atoms with Gasteiger partial charge in [0.1, 0.15) is 9.88 Å². The summed E-state index contributed by atoms with van der Waals surface area (Å²) in [6.07, 6.45) is 1.43. The summed E-state index contributed by atoms with van der Waals surface area (Å²) in [5, 5.41) is 1.57. The molecule has 2 aromatic rings. The van der Waals surface area contributed by atoms with Crippen molar-refractivity contribution >= 4 is 40.4 Å². The van der Waals surface area contributed by atoms with Crippen LogP contribution < -0.4 is 11.3 Å². The molecule has 0 saturated heterocycles. The standard InChI is InChI=1S/C10H7Cl2N3OS/c11-5-2-1-3-6(12)8(5)10-14-4-7(17-10)9(16)15-13/h1-4H,13H2,(H,15,16). The molecule has 7 heteroatoms. The summed E-state index contributed by atoms with van der Waals surface area (Å²) in [5.41, 5.74) is 2.66. The van der Waals surface area contributed by atoms with Crippen molar-refractivity contribution in [3.05, 3.63) is 39.3 Å². The maximum Gasteiger partial charge on any atom is 0.276 e. The van der Waals surface area contributed by atoms with Crippen molar-refractivity contribution in [3.63, 3.8) is 0 Å². The molecule has 0 bridgehead atoms. The summed E-state index contributed by atoms with van der Waals surface area (Å²) >= 11 is 13.3. The summed E-state index contributed by atoms with van der Waals surface area (Å²) in [6, 6.07) is 5.18.